The molecule has 2 N–H and O–H groups in total. The van der Waals surface area contributed by atoms with Crippen molar-refractivity contribution in [3.63, 3.8) is 0 Å². The summed E-state index contributed by atoms with van der Waals surface area (Å²) in [6.45, 7) is 17.0. The van der Waals surface area contributed by atoms with Gasteiger partial charge in [0, 0.05) is 34.3 Å². The number of carbonyl (C=O) groups is 2. The number of carbonyl (C=O) groups excluding carboxylic acids is 2. The van der Waals surface area contributed by atoms with Crippen LogP contribution in [0.4, 0.5) is 11.6 Å². The average Bonchev–Trinajstić information content (AvgIpc) is 2.85. The highest BCUT2D eigenvalue weighted by Gasteiger charge is 2.43. The number of piperidine rings is 2. The minimum Gasteiger partial charge on any atom is -0.334 e. The quantitative estimate of drug-likeness (QED) is 0.180. The summed E-state index contributed by atoms with van der Waals surface area (Å²) in [5.74, 6) is -0.446. The minimum absolute atomic E-state index is 0.155. The summed E-state index contributed by atoms with van der Waals surface area (Å²) in [6.07, 6.45) is 5.02. The third-order valence-corrected chi connectivity index (χ3v) is 8.47. The van der Waals surface area contributed by atoms with Gasteiger partial charge in [-0.3, -0.25) is 0 Å². The Kier molecular flexibility index (Phi) is 10.2. The van der Waals surface area contributed by atoms with Gasteiger partial charge in [-0.2, -0.15) is 10.1 Å². The molecule has 0 radical (unpaired) electrons. The van der Waals surface area contributed by atoms with Crippen LogP contribution in [0.25, 0.3) is 0 Å². The highest BCUT2D eigenvalue weighted by atomic mass is 79.9. The Labute approximate surface area is 277 Å². The van der Waals surface area contributed by atoms with E-state index < -0.39 is 11.9 Å². The van der Waals surface area contributed by atoms with E-state index in [2.05, 4.69) is 108 Å². The summed E-state index contributed by atoms with van der Waals surface area (Å²) in [4.78, 5) is 47.3. The SMILES string of the molecule is CC1(C)CC(N(OC(=O)/C=C/C(=O)ON(c2cccc(Br)n2)C2CC(C)(C)NC(C)(C)C2)c2cccc(Br)n2)CC(C)(C)N1. The summed E-state index contributed by atoms with van der Waals surface area (Å²) in [5.41, 5.74) is -0.816. The van der Waals surface area contributed by atoms with Gasteiger partial charge in [0.15, 0.2) is 11.6 Å². The second-order valence-electron chi connectivity index (χ2n) is 14.4. The summed E-state index contributed by atoms with van der Waals surface area (Å²) in [7, 11) is 0. The van der Waals surface area contributed by atoms with Crippen LogP contribution in [0.1, 0.15) is 81.1 Å². The van der Waals surface area contributed by atoms with Crippen molar-refractivity contribution >= 4 is 55.4 Å². The van der Waals surface area contributed by atoms with E-state index in [0.29, 0.717) is 46.5 Å². The van der Waals surface area contributed by atoms with E-state index in [4.69, 9.17) is 9.68 Å². The number of hydroxylamine groups is 2. The smallest absolute Gasteiger partial charge is 0.334 e. The number of hydrogen-bond donors (Lipinski definition) is 2. The van der Waals surface area contributed by atoms with Gasteiger partial charge in [0.05, 0.1) is 12.1 Å². The molecule has 0 amide bonds. The number of anilines is 2. The molecule has 2 saturated heterocycles. The van der Waals surface area contributed by atoms with Crippen molar-refractivity contribution in [1.29, 1.82) is 0 Å². The van der Waals surface area contributed by atoms with Crippen LogP contribution in [-0.2, 0) is 19.3 Å². The predicted molar refractivity (Wildman–Crippen MR) is 179 cm³/mol. The second-order valence-corrected chi connectivity index (χ2v) is 16.0. The number of nitrogens with one attached hydrogen (secondary N) is 2. The fourth-order valence-electron chi connectivity index (χ4n) is 6.92. The zero-order valence-electron chi connectivity index (χ0n) is 26.8. The van der Waals surface area contributed by atoms with Crippen molar-refractivity contribution in [1.82, 2.24) is 20.6 Å². The molecular formula is C32H44Br2N6O4. The minimum atomic E-state index is -0.714. The molecule has 12 heteroatoms. The van der Waals surface area contributed by atoms with Crippen molar-refractivity contribution in [3.8, 4) is 0 Å². The zero-order valence-corrected chi connectivity index (χ0v) is 30.0. The Morgan fingerprint density at radius 1 is 0.682 bits per heavy atom. The molecule has 2 aliphatic heterocycles. The predicted octanol–water partition coefficient (Wildman–Crippen LogP) is 6.41. The molecule has 0 unspecified atom stereocenters. The van der Waals surface area contributed by atoms with E-state index in [9.17, 15) is 9.59 Å². The molecule has 0 aromatic carbocycles. The molecule has 10 nitrogen and oxygen atoms in total. The van der Waals surface area contributed by atoms with Crippen LogP contribution in [0.3, 0.4) is 0 Å². The van der Waals surface area contributed by atoms with Gasteiger partial charge in [0.1, 0.15) is 9.21 Å². The first kappa shape index (κ1) is 34.3. The molecule has 4 rings (SSSR count). The van der Waals surface area contributed by atoms with Crippen LogP contribution < -0.4 is 20.8 Å². The third kappa shape index (κ3) is 9.48. The molecule has 4 heterocycles. The van der Waals surface area contributed by atoms with E-state index in [0.717, 1.165) is 12.2 Å². The van der Waals surface area contributed by atoms with Gasteiger partial charge >= 0.3 is 11.9 Å². The van der Waals surface area contributed by atoms with Crippen molar-refractivity contribution in [2.24, 2.45) is 0 Å². The van der Waals surface area contributed by atoms with Crippen molar-refractivity contribution < 1.29 is 19.3 Å². The molecule has 2 aromatic heterocycles. The van der Waals surface area contributed by atoms with Gasteiger partial charge in [-0.05, 0) is 137 Å². The van der Waals surface area contributed by atoms with E-state index >= 15 is 0 Å². The normalized spacial score (nSPS) is 21.0. The summed E-state index contributed by atoms with van der Waals surface area (Å²) < 4.78 is 1.24. The molecule has 2 fully saturated rings. The maximum absolute atomic E-state index is 13.2. The van der Waals surface area contributed by atoms with Crippen LogP contribution in [-0.4, -0.2) is 56.1 Å². The standard InChI is InChI=1S/C32H44Br2N6O4/c1-29(2)17-21(18-30(3,4)37-29)39(25-13-9-11-23(33)35-25)43-27(41)15-16-28(42)44-40(26-14-10-12-24(34)36-26)22-19-31(5,6)38-32(7,8)20-22/h9-16,21-22,37-38H,17-20H2,1-8H3/b16-15+. The Bertz CT molecular complexity index is 1260. The number of hydrogen-bond acceptors (Lipinski definition) is 10. The highest BCUT2D eigenvalue weighted by Crippen LogP contribution is 2.35. The molecular weight excluding hydrogens is 692 g/mol. The van der Waals surface area contributed by atoms with E-state index in [-0.39, 0.29) is 34.2 Å². The summed E-state index contributed by atoms with van der Waals surface area (Å²) in [6, 6.07) is 10.6. The molecule has 0 bridgehead atoms. The topological polar surface area (TPSA) is 109 Å². The molecule has 0 aliphatic carbocycles. The van der Waals surface area contributed by atoms with Crippen LogP contribution in [0, 0.1) is 0 Å². The Morgan fingerprint density at radius 2 is 1.00 bits per heavy atom. The summed E-state index contributed by atoms with van der Waals surface area (Å²) in [5, 5.41) is 10.4. The molecule has 0 saturated carbocycles. The maximum atomic E-state index is 13.2. The first-order chi connectivity index (χ1) is 20.3. The number of aromatic nitrogens is 2. The van der Waals surface area contributed by atoms with Crippen LogP contribution in [0.2, 0.25) is 0 Å². The fraction of sp³-hybridized carbons (Fsp3) is 0.562. The van der Waals surface area contributed by atoms with Gasteiger partial charge in [-0.1, -0.05) is 12.1 Å². The molecule has 44 heavy (non-hydrogen) atoms. The summed E-state index contributed by atoms with van der Waals surface area (Å²) >= 11 is 6.85. The Balaban J connectivity index is 1.54. The van der Waals surface area contributed by atoms with Crippen LogP contribution >= 0.6 is 31.9 Å². The van der Waals surface area contributed by atoms with Crippen LogP contribution in [0.5, 0.6) is 0 Å². The first-order valence-corrected chi connectivity index (χ1v) is 16.4. The highest BCUT2D eigenvalue weighted by molar-refractivity contribution is 9.10. The van der Waals surface area contributed by atoms with Crippen molar-refractivity contribution in [2.45, 2.75) is 115 Å². The van der Waals surface area contributed by atoms with Gasteiger partial charge in [0.25, 0.3) is 0 Å². The fourth-order valence-corrected chi connectivity index (χ4v) is 7.59. The van der Waals surface area contributed by atoms with Gasteiger partial charge in [0.2, 0.25) is 0 Å². The van der Waals surface area contributed by atoms with Gasteiger partial charge < -0.3 is 20.3 Å². The monoisotopic (exact) mass is 734 g/mol. The van der Waals surface area contributed by atoms with Gasteiger partial charge in [-0.15, -0.1) is 0 Å². The molecule has 0 atom stereocenters. The van der Waals surface area contributed by atoms with E-state index in [1.807, 2.05) is 24.3 Å². The molecule has 240 valence electrons. The van der Waals surface area contributed by atoms with E-state index in [1.165, 1.54) is 0 Å². The van der Waals surface area contributed by atoms with E-state index in [1.54, 1.807) is 22.3 Å². The molecule has 0 spiro atoms. The van der Waals surface area contributed by atoms with Crippen LogP contribution in [0.15, 0.2) is 57.8 Å². The lowest BCUT2D eigenvalue weighted by molar-refractivity contribution is -0.144. The average molecular weight is 737 g/mol. The lowest BCUT2D eigenvalue weighted by Crippen LogP contribution is -2.62. The van der Waals surface area contributed by atoms with Crippen molar-refractivity contribution in [2.75, 3.05) is 10.1 Å². The second kappa shape index (κ2) is 13.1. The maximum Gasteiger partial charge on any atom is 0.356 e. The zero-order chi connectivity index (χ0) is 32.5. The largest absolute Gasteiger partial charge is 0.356 e. The number of pyridine rings is 2. The Morgan fingerprint density at radius 3 is 1.30 bits per heavy atom. The first-order valence-electron chi connectivity index (χ1n) is 14.9. The van der Waals surface area contributed by atoms with Gasteiger partial charge in [-0.25, -0.2) is 19.6 Å². The van der Waals surface area contributed by atoms with Crippen molar-refractivity contribution in [3.05, 3.63) is 57.8 Å². The lowest BCUT2D eigenvalue weighted by Gasteiger charge is -2.48. The number of nitrogens with zero attached hydrogens (tertiary/aromatic N) is 4. The molecule has 2 aliphatic rings. The lowest BCUT2D eigenvalue weighted by atomic mass is 9.79. The molecule has 2 aromatic rings. The number of halogens is 2. The number of rotatable bonds is 8. The Hall–Kier alpha value is -2.54. The third-order valence-electron chi connectivity index (χ3n) is 7.59.